The van der Waals surface area contributed by atoms with Crippen LogP contribution >= 0.6 is 0 Å². The van der Waals surface area contributed by atoms with E-state index in [0.717, 1.165) is 21.9 Å². The van der Waals surface area contributed by atoms with E-state index in [-0.39, 0.29) is 18.6 Å². The minimum Gasteiger partial charge on any atom is -0.491 e. The summed E-state index contributed by atoms with van der Waals surface area (Å²) >= 11 is 0. The number of aryl methyl sites for hydroxylation is 1. The lowest BCUT2D eigenvalue weighted by Crippen LogP contribution is -2.50. The van der Waals surface area contributed by atoms with Gasteiger partial charge in [-0.2, -0.15) is 0 Å². The van der Waals surface area contributed by atoms with E-state index in [4.69, 9.17) is 4.74 Å². The van der Waals surface area contributed by atoms with Gasteiger partial charge in [-0.1, -0.05) is 35.9 Å². The fourth-order valence-electron chi connectivity index (χ4n) is 2.64. The molecule has 0 aromatic heterocycles. The maximum atomic E-state index is 12.6. The molecule has 0 aliphatic carbocycles. The third-order valence-corrected chi connectivity index (χ3v) is 5.25. The summed E-state index contributed by atoms with van der Waals surface area (Å²) < 4.78 is 31.2. The van der Waals surface area contributed by atoms with Crippen molar-refractivity contribution in [1.82, 2.24) is 5.32 Å². The van der Waals surface area contributed by atoms with Gasteiger partial charge in [0.05, 0.1) is 18.0 Å². The van der Waals surface area contributed by atoms with Gasteiger partial charge in [0.1, 0.15) is 18.4 Å². The van der Waals surface area contributed by atoms with Gasteiger partial charge in [-0.3, -0.25) is 9.10 Å². The van der Waals surface area contributed by atoms with Gasteiger partial charge >= 0.3 is 0 Å². The zero-order chi connectivity index (χ0) is 20.0. The normalized spacial score (nSPS) is 13.5. The molecule has 0 saturated heterocycles. The Labute approximate surface area is 161 Å². The first kappa shape index (κ1) is 20.8. The summed E-state index contributed by atoms with van der Waals surface area (Å²) in [5, 5.41) is 2.81. The summed E-state index contributed by atoms with van der Waals surface area (Å²) in [6.45, 7) is 5.66. The molecular formula is C20H26N2O4S. The molecule has 1 amide bonds. The van der Waals surface area contributed by atoms with E-state index in [1.54, 1.807) is 37.3 Å². The number of amides is 1. The summed E-state index contributed by atoms with van der Waals surface area (Å²) in [7, 11) is -3.62. The van der Waals surface area contributed by atoms with Crippen LogP contribution in [0.1, 0.15) is 19.4 Å². The molecule has 0 fully saturated rings. The Morgan fingerprint density at radius 3 is 2.22 bits per heavy atom. The lowest BCUT2D eigenvalue weighted by atomic mass is 10.2. The predicted octanol–water partition coefficient (Wildman–Crippen LogP) is 2.73. The molecule has 2 aromatic carbocycles. The van der Waals surface area contributed by atoms with E-state index in [1.807, 2.05) is 38.1 Å². The van der Waals surface area contributed by atoms with Crippen molar-refractivity contribution in [3.8, 4) is 5.75 Å². The first-order valence-electron chi connectivity index (χ1n) is 8.73. The molecule has 0 unspecified atom stereocenters. The summed E-state index contributed by atoms with van der Waals surface area (Å²) in [5.41, 5.74) is 1.59. The zero-order valence-corrected chi connectivity index (χ0v) is 16.9. The molecule has 1 N–H and O–H groups in total. The van der Waals surface area contributed by atoms with Gasteiger partial charge in [0.25, 0.3) is 0 Å². The van der Waals surface area contributed by atoms with E-state index < -0.39 is 16.1 Å². The third-order valence-electron chi connectivity index (χ3n) is 4.01. The number of ether oxygens (including phenoxy) is 1. The average Bonchev–Trinajstić information content (AvgIpc) is 2.61. The van der Waals surface area contributed by atoms with Gasteiger partial charge in [-0.25, -0.2) is 8.42 Å². The third kappa shape index (κ3) is 5.99. The monoisotopic (exact) mass is 390 g/mol. The van der Waals surface area contributed by atoms with Crippen molar-refractivity contribution in [2.24, 2.45) is 0 Å². The Kier molecular flexibility index (Phi) is 6.85. The SMILES string of the molecule is Cc1ccc(OC[C@H](C)NC(=O)[C@H](C)N(c2ccccc2)S(C)(=O)=O)cc1. The van der Waals surface area contributed by atoms with Crippen LogP contribution in [0.2, 0.25) is 0 Å². The maximum Gasteiger partial charge on any atom is 0.243 e. The number of benzene rings is 2. The van der Waals surface area contributed by atoms with Gasteiger partial charge < -0.3 is 10.1 Å². The van der Waals surface area contributed by atoms with E-state index in [0.29, 0.717) is 5.69 Å². The zero-order valence-electron chi connectivity index (χ0n) is 16.0. The van der Waals surface area contributed by atoms with Crippen molar-refractivity contribution >= 4 is 21.6 Å². The summed E-state index contributed by atoms with van der Waals surface area (Å²) in [5.74, 6) is 0.334. The quantitative estimate of drug-likeness (QED) is 0.752. The van der Waals surface area contributed by atoms with E-state index in [9.17, 15) is 13.2 Å². The Morgan fingerprint density at radius 1 is 1.07 bits per heavy atom. The van der Waals surface area contributed by atoms with Crippen LogP contribution in [0.15, 0.2) is 54.6 Å². The van der Waals surface area contributed by atoms with Crippen LogP contribution in [0, 0.1) is 6.92 Å². The maximum absolute atomic E-state index is 12.6. The van der Waals surface area contributed by atoms with E-state index in [2.05, 4.69) is 5.32 Å². The van der Waals surface area contributed by atoms with Gasteiger partial charge in [0.15, 0.2) is 0 Å². The van der Waals surface area contributed by atoms with Gasteiger partial charge in [0.2, 0.25) is 15.9 Å². The number of hydrogen-bond acceptors (Lipinski definition) is 4. The van der Waals surface area contributed by atoms with Gasteiger partial charge in [-0.05, 0) is 45.0 Å². The fraction of sp³-hybridized carbons (Fsp3) is 0.350. The second-order valence-corrected chi connectivity index (χ2v) is 8.46. The standard InChI is InChI=1S/C20H26N2O4S/c1-15-10-12-19(13-11-15)26-14-16(2)21-20(23)17(3)22(27(4,24)25)18-8-6-5-7-9-18/h5-13,16-17H,14H2,1-4H3,(H,21,23)/t16-,17-/m0/s1. The number of anilines is 1. The Morgan fingerprint density at radius 2 is 1.67 bits per heavy atom. The summed E-state index contributed by atoms with van der Waals surface area (Å²) in [4.78, 5) is 12.6. The molecule has 146 valence electrons. The van der Waals surface area contributed by atoms with Crippen molar-refractivity contribution in [1.29, 1.82) is 0 Å². The van der Waals surface area contributed by atoms with Crippen molar-refractivity contribution in [2.45, 2.75) is 32.9 Å². The molecule has 2 aromatic rings. The molecule has 6 nitrogen and oxygen atoms in total. The number of nitrogens with one attached hydrogen (secondary N) is 1. The molecule has 2 rings (SSSR count). The Balaban J connectivity index is 2.01. The van der Waals surface area contributed by atoms with Gasteiger partial charge in [0, 0.05) is 0 Å². The second-order valence-electron chi connectivity index (χ2n) is 6.60. The highest BCUT2D eigenvalue weighted by molar-refractivity contribution is 7.92. The van der Waals surface area contributed by atoms with Crippen LogP contribution < -0.4 is 14.4 Å². The average molecular weight is 391 g/mol. The Hall–Kier alpha value is -2.54. The van der Waals surface area contributed by atoms with Crippen LogP contribution in [0.25, 0.3) is 0 Å². The number of para-hydroxylation sites is 1. The molecule has 0 heterocycles. The number of sulfonamides is 1. The number of nitrogens with zero attached hydrogens (tertiary/aromatic N) is 1. The summed E-state index contributed by atoms with van der Waals surface area (Å²) in [6.07, 6.45) is 1.09. The van der Waals surface area contributed by atoms with E-state index >= 15 is 0 Å². The highest BCUT2D eigenvalue weighted by atomic mass is 32.2. The second kappa shape index (κ2) is 8.90. The summed E-state index contributed by atoms with van der Waals surface area (Å²) in [6, 6.07) is 15.0. The molecule has 0 spiro atoms. The van der Waals surface area contributed by atoms with Gasteiger partial charge in [-0.15, -0.1) is 0 Å². The highest BCUT2D eigenvalue weighted by Gasteiger charge is 2.29. The van der Waals surface area contributed by atoms with Crippen LogP contribution in [0.4, 0.5) is 5.69 Å². The number of carbonyl (C=O) groups excluding carboxylic acids is 1. The van der Waals surface area contributed by atoms with Crippen molar-refractivity contribution < 1.29 is 17.9 Å². The Bertz CT molecular complexity index is 851. The highest BCUT2D eigenvalue weighted by Crippen LogP contribution is 2.20. The first-order valence-corrected chi connectivity index (χ1v) is 10.6. The molecule has 0 aliphatic rings. The van der Waals surface area contributed by atoms with Crippen LogP contribution in [0.3, 0.4) is 0 Å². The van der Waals surface area contributed by atoms with Crippen LogP contribution in [-0.2, 0) is 14.8 Å². The molecular weight excluding hydrogens is 364 g/mol. The predicted molar refractivity (Wildman–Crippen MR) is 108 cm³/mol. The minimum atomic E-state index is -3.62. The molecule has 2 atom stereocenters. The topological polar surface area (TPSA) is 75.7 Å². The van der Waals surface area contributed by atoms with Crippen LogP contribution in [-0.4, -0.2) is 39.3 Å². The lowest BCUT2D eigenvalue weighted by molar-refractivity contribution is -0.122. The van der Waals surface area contributed by atoms with Crippen LogP contribution in [0.5, 0.6) is 5.75 Å². The largest absolute Gasteiger partial charge is 0.491 e. The molecule has 7 heteroatoms. The van der Waals surface area contributed by atoms with Crippen molar-refractivity contribution in [3.05, 3.63) is 60.2 Å². The lowest BCUT2D eigenvalue weighted by Gasteiger charge is -2.29. The number of rotatable bonds is 8. The molecule has 0 radical (unpaired) electrons. The smallest absolute Gasteiger partial charge is 0.243 e. The van der Waals surface area contributed by atoms with Crippen molar-refractivity contribution in [3.63, 3.8) is 0 Å². The number of hydrogen-bond donors (Lipinski definition) is 1. The minimum absolute atomic E-state index is 0.279. The molecule has 0 bridgehead atoms. The first-order chi connectivity index (χ1) is 12.7. The molecule has 0 aliphatic heterocycles. The molecule has 27 heavy (non-hydrogen) atoms. The van der Waals surface area contributed by atoms with Crippen molar-refractivity contribution in [2.75, 3.05) is 17.2 Å². The fourth-order valence-corrected chi connectivity index (χ4v) is 3.82. The molecule has 0 saturated carbocycles. The van der Waals surface area contributed by atoms with E-state index in [1.165, 1.54) is 0 Å². The number of carbonyl (C=O) groups is 1.